The molecular formula is C21H29N3O4. The highest BCUT2D eigenvalue weighted by atomic mass is 16.6. The fourth-order valence-corrected chi connectivity index (χ4v) is 2.65. The lowest BCUT2D eigenvalue weighted by molar-refractivity contribution is -0.122. The molecule has 0 saturated carbocycles. The number of hydrogen-bond donors (Lipinski definition) is 4. The van der Waals surface area contributed by atoms with Crippen LogP contribution in [-0.4, -0.2) is 47.9 Å². The maximum absolute atomic E-state index is 12.2. The van der Waals surface area contributed by atoms with Crippen molar-refractivity contribution in [3.63, 3.8) is 0 Å². The summed E-state index contributed by atoms with van der Waals surface area (Å²) >= 11 is 0. The Morgan fingerprint density at radius 3 is 2.39 bits per heavy atom. The summed E-state index contributed by atoms with van der Waals surface area (Å²) in [5.74, 6) is -0.357. The van der Waals surface area contributed by atoms with Gasteiger partial charge in [-0.15, -0.1) is 0 Å². The van der Waals surface area contributed by atoms with Crippen molar-refractivity contribution in [1.29, 1.82) is 0 Å². The van der Waals surface area contributed by atoms with Gasteiger partial charge in [0.15, 0.2) is 0 Å². The largest absolute Gasteiger partial charge is 0.444 e. The monoisotopic (exact) mass is 387 g/mol. The first-order valence-electron chi connectivity index (χ1n) is 9.30. The Labute approximate surface area is 165 Å². The van der Waals surface area contributed by atoms with E-state index in [-0.39, 0.29) is 19.0 Å². The molecule has 0 bridgehead atoms. The number of carbonyl (C=O) groups is 2. The Morgan fingerprint density at radius 2 is 1.71 bits per heavy atom. The first-order valence-corrected chi connectivity index (χ1v) is 9.30. The van der Waals surface area contributed by atoms with E-state index in [4.69, 9.17) is 10.5 Å². The SMILES string of the molecule is CC(C)(C)OC(=O)NCC(O)CNC(=O)C(N)Cc1ccc2ccccc2c1. The number of fused-ring (bicyclic) bond motifs is 1. The zero-order valence-electron chi connectivity index (χ0n) is 16.6. The molecule has 0 aliphatic carbocycles. The third-order valence-corrected chi connectivity index (χ3v) is 4.00. The minimum atomic E-state index is -0.940. The molecule has 28 heavy (non-hydrogen) atoms. The summed E-state index contributed by atoms with van der Waals surface area (Å²) < 4.78 is 5.08. The number of nitrogens with two attached hydrogens (primary N) is 1. The summed E-state index contributed by atoms with van der Waals surface area (Å²) in [6.45, 7) is 5.20. The van der Waals surface area contributed by atoms with Gasteiger partial charge >= 0.3 is 6.09 Å². The molecule has 2 aromatic rings. The molecule has 0 saturated heterocycles. The van der Waals surface area contributed by atoms with E-state index in [0.29, 0.717) is 6.42 Å². The molecule has 2 rings (SSSR count). The molecule has 0 aliphatic heterocycles. The molecule has 0 fully saturated rings. The van der Waals surface area contributed by atoms with Gasteiger partial charge in [-0.05, 0) is 43.5 Å². The summed E-state index contributed by atoms with van der Waals surface area (Å²) in [6.07, 6.45) is -1.17. The summed E-state index contributed by atoms with van der Waals surface area (Å²) in [5, 5.41) is 17.2. The minimum absolute atomic E-state index is 0.0138. The fraction of sp³-hybridized carbons (Fsp3) is 0.429. The van der Waals surface area contributed by atoms with E-state index in [1.165, 1.54) is 0 Å². The molecule has 2 atom stereocenters. The number of aliphatic hydroxyl groups is 1. The van der Waals surface area contributed by atoms with Crippen molar-refractivity contribution < 1.29 is 19.4 Å². The third kappa shape index (κ3) is 7.17. The van der Waals surface area contributed by atoms with Crippen LogP contribution in [0, 0.1) is 0 Å². The Hall–Kier alpha value is -2.64. The molecule has 2 amide bonds. The van der Waals surface area contributed by atoms with Crippen LogP contribution in [0.25, 0.3) is 10.8 Å². The van der Waals surface area contributed by atoms with E-state index in [0.717, 1.165) is 16.3 Å². The Bertz CT molecular complexity index is 817. The smallest absolute Gasteiger partial charge is 0.407 e. The minimum Gasteiger partial charge on any atom is -0.444 e. The van der Waals surface area contributed by atoms with E-state index >= 15 is 0 Å². The maximum Gasteiger partial charge on any atom is 0.407 e. The summed E-state index contributed by atoms with van der Waals surface area (Å²) in [4.78, 5) is 23.7. The van der Waals surface area contributed by atoms with Gasteiger partial charge in [-0.3, -0.25) is 4.79 Å². The second-order valence-corrected chi connectivity index (χ2v) is 7.77. The number of amides is 2. The Morgan fingerprint density at radius 1 is 1.07 bits per heavy atom. The van der Waals surface area contributed by atoms with Crippen molar-refractivity contribution >= 4 is 22.8 Å². The molecule has 0 spiro atoms. The van der Waals surface area contributed by atoms with Crippen molar-refractivity contribution in [2.45, 2.75) is 44.9 Å². The number of rotatable bonds is 7. The van der Waals surface area contributed by atoms with Crippen molar-refractivity contribution in [3.8, 4) is 0 Å². The van der Waals surface area contributed by atoms with Gasteiger partial charge in [0, 0.05) is 13.1 Å². The molecule has 0 aromatic heterocycles. The molecule has 2 aromatic carbocycles. The van der Waals surface area contributed by atoms with Gasteiger partial charge in [0.05, 0.1) is 12.1 Å². The lowest BCUT2D eigenvalue weighted by Crippen LogP contribution is -2.47. The van der Waals surface area contributed by atoms with Gasteiger partial charge in [-0.25, -0.2) is 4.79 Å². The van der Waals surface area contributed by atoms with Crippen molar-refractivity contribution in [2.75, 3.05) is 13.1 Å². The second kappa shape index (κ2) is 9.52. The summed E-state index contributed by atoms with van der Waals surface area (Å²) in [5.41, 5.74) is 6.34. The summed E-state index contributed by atoms with van der Waals surface area (Å²) in [6, 6.07) is 13.2. The van der Waals surface area contributed by atoms with Crippen LogP contribution >= 0.6 is 0 Å². The first kappa shape index (κ1) is 21.7. The predicted octanol–water partition coefficient (Wildman–Crippen LogP) is 1.71. The highest BCUT2D eigenvalue weighted by Crippen LogP contribution is 2.16. The van der Waals surface area contributed by atoms with Crippen LogP contribution in [-0.2, 0) is 16.0 Å². The summed E-state index contributed by atoms with van der Waals surface area (Å²) in [7, 11) is 0. The molecule has 0 radical (unpaired) electrons. The first-order chi connectivity index (χ1) is 13.1. The molecule has 0 heterocycles. The number of carbonyl (C=O) groups excluding carboxylic acids is 2. The molecule has 5 N–H and O–H groups in total. The average Bonchev–Trinajstić information content (AvgIpc) is 2.62. The molecule has 2 unspecified atom stereocenters. The highest BCUT2D eigenvalue weighted by molar-refractivity contribution is 5.84. The van der Waals surface area contributed by atoms with Crippen molar-refractivity contribution in [2.24, 2.45) is 5.73 Å². The van der Waals surface area contributed by atoms with Gasteiger partial charge in [-0.1, -0.05) is 42.5 Å². The van der Waals surface area contributed by atoms with E-state index in [1.807, 2.05) is 42.5 Å². The quantitative estimate of drug-likeness (QED) is 0.578. The molecule has 7 nitrogen and oxygen atoms in total. The second-order valence-electron chi connectivity index (χ2n) is 7.77. The zero-order valence-corrected chi connectivity index (χ0v) is 16.6. The van der Waals surface area contributed by atoms with Gasteiger partial charge in [0.25, 0.3) is 0 Å². The number of hydrogen-bond acceptors (Lipinski definition) is 5. The standard InChI is InChI=1S/C21H29N3O4/c1-21(2,3)28-20(27)24-13-17(25)12-23-19(26)18(22)11-14-8-9-15-6-4-5-7-16(15)10-14/h4-10,17-18,25H,11-13,22H2,1-3H3,(H,23,26)(H,24,27). The van der Waals surface area contributed by atoms with Gasteiger partial charge < -0.3 is 26.2 Å². The van der Waals surface area contributed by atoms with Gasteiger partial charge in [0.2, 0.25) is 5.91 Å². The number of nitrogens with one attached hydrogen (secondary N) is 2. The molecule has 7 heteroatoms. The number of alkyl carbamates (subject to hydrolysis) is 1. The van der Waals surface area contributed by atoms with E-state index < -0.39 is 23.8 Å². The Balaban J connectivity index is 1.76. The molecule has 152 valence electrons. The fourth-order valence-electron chi connectivity index (χ4n) is 2.65. The maximum atomic E-state index is 12.2. The van der Waals surface area contributed by atoms with E-state index in [2.05, 4.69) is 10.6 Å². The van der Waals surface area contributed by atoms with E-state index in [9.17, 15) is 14.7 Å². The highest BCUT2D eigenvalue weighted by Gasteiger charge is 2.18. The number of aliphatic hydroxyl groups excluding tert-OH is 1. The zero-order chi connectivity index (χ0) is 20.7. The molecule has 0 aliphatic rings. The predicted molar refractivity (Wildman–Crippen MR) is 109 cm³/mol. The van der Waals surface area contributed by atoms with E-state index in [1.54, 1.807) is 20.8 Å². The van der Waals surface area contributed by atoms with Crippen molar-refractivity contribution in [3.05, 3.63) is 48.0 Å². The van der Waals surface area contributed by atoms with Crippen LogP contribution in [0.1, 0.15) is 26.3 Å². The number of benzene rings is 2. The molecular weight excluding hydrogens is 358 g/mol. The van der Waals surface area contributed by atoms with Gasteiger partial charge in [0.1, 0.15) is 5.60 Å². The van der Waals surface area contributed by atoms with Crippen LogP contribution < -0.4 is 16.4 Å². The Kier molecular flexibility index (Phi) is 7.37. The number of ether oxygens (including phenoxy) is 1. The lowest BCUT2D eigenvalue weighted by atomic mass is 10.0. The van der Waals surface area contributed by atoms with Crippen molar-refractivity contribution in [1.82, 2.24) is 10.6 Å². The normalized spacial score (nSPS) is 13.6. The van der Waals surface area contributed by atoms with Gasteiger partial charge in [-0.2, -0.15) is 0 Å². The average molecular weight is 387 g/mol. The van der Waals surface area contributed by atoms with Crippen LogP contribution in [0.4, 0.5) is 4.79 Å². The van der Waals surface area contributed by atoms with Crippen LogP contribution in [0.5, 0.6) is 0 Å². The lowest BCUT2D eigenvalue weighted by Gasteiger charge is -2.21. The topological polar surface area (TPSA) is 114 Å². The van der Waals surface area contributed by atoms with Crippen LogP contribution in [0.2, 0.25) is 0 Å². The third-order valence-electron chi connectivity index (χ3n) is 4.00. The van der Waals surface area contributed by atoms with Crippen LogP contribution in [0.3, 0.4) is 0 Å². The van der Waals surface area contributed by atoms with Crippen LogP contribution in [0.15, 0.2) is 42.5 Å².